The summed E-state index contributed by atoms with van der Waals surface area (Å²) in [6, 6.07) is 0.681. The molecule has 52 valence electrons. The Kier molecular flexibility index (Phi) is 2.29. The fraction of sp³-hybridized carbons (Fsp3) is 0.750. The average Bonchev–Trinajstić information content (AvgIpc) is 1.99. The predicted molar refractivity (Wildman–Crippen MR) is 40.4 cm³/mol. The summed E-state index contributed by atoms with van der Waals surface area (Å²) in [6.07, 6.45) is 5.70. The molecule has 0 saturated heterocycles. The van der Waals surface area contributed by atoms with Crippen LogP contribution in [0.25, 0.3) is 0 Å². The first kappa shape index (κ1) is 6.81. The van der Waals surface area contributed by atoms with Gasteiger partial charge in [-0.05, 0) is 19.3 Å². The smallest absolute Gasteiger partial charge is 0.0137 e. The zero-order valence-corrected chi connectivity index (χ0v) is 6.22. The molecule has 0 aliphatic carbocycles. The van der Waals surface area contributed by atoms with E-state index in [0.717, 1.165) is 12.5 Å². The van der Waals surface area contributed by atoms with Crippen LogP contribution in [0.5, 0.6) is 0 Å². The van der Waals surface area contributed by atoms with E-state index in [1.54, 1.807) is 0 Å². The quantitative estimate of drug-likeness (QED) is 0.484. The standard InChI is InChI=1S/C8H15N/c1-7-5-3-4-6-9-8(7)2/h3-4,7-9H,5-6H2,1-2H3. The summed E-state index contributed by atoms with van der Waals surface area (Å²) in [7, 11) is 0. The molecular formula is C8H15N. The van der Waals surface area contributed by atoms with E-state index in [4.69, 9.17) is 0 Å². The molecule has 2 atom stereocenters. The molecule has 0 fully saturated rings. The molecule has 1 rings (SSSR count). The Morgan fingerprint density at radius 2 is 2.11 bits per heavy atom. The Bertz CT molecular complexity index is 107. The largest absolute Gasteiger partial charge is 0.311 e. The molecule has 2 unspecified atom stereocenters. The van der Waals surface area contributed by atoms with Gasteiger partial charge in [0.25, 0.3) is 0 Å². The summed E-state index contributed by atoms with van der Waals surface area (Å²) in [5.74, 6) is 0.795. The van der Waals surface area contributed by atoms with Crippen LogP contribution in [-0.4, -0.2) is 12.6 Å². The Labute approximate surface area is 57.1 Å². The molecule has 9 heavy (non-hydrogen) atoms. The molecule has 0 amide bonds. The van der Waals surface area contributed by atoms with Gasteiger partial charge in [-0.3, -0.25) is 0 Å². The van der Waals surface area contributed by atoms with Crippen molar-refractivity contribution in [1.29, 1.82) is 0 Å². The Morgan fingerprint density at radius 3 is 2.89 bits per heavy atom. The van der Waals surface area contributed by atoms with Crippen LogP contribution in [0.4, 0.5) is 0 Å². The molecule has 0 aromatic rings. The van der Waals surface area contributed by atoms with Gasteiger partial charge in [0.1, 0.15) is 0 Å². The van der Waals surface area contributed by atoms with E-state index in [0.29, 0.717) is 6.04 Å². The molecule has 0 aromatic heterocycles. The maximum absolute atomic E-state index is 3.41. The molecular weight excluding hydrogens is 110 g/mol. The fourth-order valence-corrected chi connectivity index (χ4v) is 1.05. The minimum atomic E-state index is 0.681. The first-order chi connectivity index (χ1) is 4.30. The molecule has 0 radical (unpaired) electrons. The number of hydrogen-bond donors (Lipinski definition) is 1. The highest BCUT2D eigenvalue weighted by molar-refractivity contribution is 4.91. The van der Waals surface area contributed by atoms with Crippen molar-refractivity contribution >= 4 is 0 Å². The second-order valence-electron chi connectivity index (χ2n) is 2.88. The number of nitrogens with one attached hydrogen (secondary N) is 1. The summed E-state index contributed by atoms with van der Waals surface area (Å²) >= 11 is 0. The first-order valence-electron chi connectivity index (χ1n) is 3.69. The van der Waals surface area contributed by atoms with Crippen molar-refractivity contribution in [3.63, 3.8) is 0 Å². The van der Waals surface area contributed by atoms with Crippen molar-refractivity contribution in [3.05, 3.63) is 12.2 Å². The van der Waals surface area contributed by atoms with Crippen LogP contribution in [0.3, 0.4) is 0 Å². The van der Waals surface area contributed by atoms with Crippen molar-refractivity contribution in [1.82, 2.24) is 5.32 Å². The van der Waals surface area contributed by atoms with Crippen molar-refractivity contribution in [2.24, 2.45) is 5.92 Å². The molecule has 1 N–H and O–H groups in total. The van der Waals surface area contributed by atoms with Gasteiger partial charge in [0.05, 0.1) is 0 Å². The first-order valence-corrected chi connectivity index (χ1v) is 3.69. The van der Waals surface area contributed by atoms with Crippen LogP contribution in [0, 0.1) is 5.92 Å². The van der Waals surface area contributed by atoms with Gasteiger partial charge in [-0.1, -0.05) is 19.1 Å². The van der Waals surface area contributed by atoms with Crippen LogP contribution < -0.4 is 5.32 Å². The lowest BCUT2D eigenvalue weighted by Crippen LogP contribution is -2.30. The summed E-state index contributed by atoms with van der Waals surface area (Å²) in [4.78, 5) is 0. The van der Waals surface area contributed by atoms with E-state index in [2.05, 4.69) is 31.3 Å². The van der Waals surface area contributed by atoms with E-state index in [-0.39, 0.29) is 0 Å². The van der Waals surface area contributed by atoms with Gasteiger partial charge < -0.3 is 5.32 Å². The van der Waals surface area contributed by atoms with Gasteiger partial charge >= 0.3 is 0 Å². The topological polar surface area (TPSA) is 12.0 Å². The Balaban J connectivity index is 2.42. The van der Waals surface area contributed by atoms with Gasteiger partial charge in [0.2, 0.25) is 0 Å². The van der Waals surface area contributed by atoms with Crippen LogP contribution >= 0.6 is 0 Å². The molecule has 1 heteroatoms. The van der Waals surface area contributed by atoms with Crippen molar-refractivity contribution in [2.75, 3.05) is 6.54 Å². The molecule has 1 aliphatic rings. The minimum absolute atomic E-state index is 0.681. The van der Waals surface area contributed by atoms with Gasteiger partial charge in [0, 0.05) is 12.6 Å². The normalized spacial score (nSPS) is 36.2. The van der Waals surface area contributed by atoms with E-state index >= 15 is 0 Å². The molecule has 1 heterocycles. The SMILES string of the molecule is CC1CC=CCNC1C. The van der Waals surface area contributed by atoms with Crippen LogP contribution in [0.1, 0.15) is 20.3 Å². The zero-order valence-electron chi connectivity index (χ0n) is 6.22. The van der Waals surface area contributed by atoms with Gasteiger partial charge in [-0.2, -0.15) is 0 Å². The van der Waals surface area contributed by atoms with E-state index in [1.165, 1.54) is 6.42 Å². The van der Waals surface area contributed by atoms with Crippen LogP contribution in [0.15, 0.2) is 12.2 Å². The Morgan fingerprint density at radius 1 is 1.33 bits per heavy atom. The maximum atomic E-state index is 3.41. The highest BCUT2D eigenvalue weighted by atomic mass is 14.9. The third-order valence-corrected chi connectivity index (χ3v) is 2.09. The van der Waals surface area contributed by atoms with Gasteiger partial charge in [-0.25, -0.2) is 0 Å². The van der Waals surface area contributed by atoms with Gasteiger partial charge in [-0.15, -0.1) is 0 Å². The molecule has 0 spiro atoms. The van der Waals surface area contributed by atoms with Crippen LogP contribution in [-0.2, 0) is 0 Å². The molecule has 0 bridgehead atoms. The van der Waals surface area contributed by atoms with E-state index in [1.807, 2.05) is 0 Å². The van der Waals surface area contributed by atoms with E-state index in [9.17, 15) is 0 Å². The molecule has 1 aliphatic heterocycles. The summed E-state index contributed by atoms with van der Waals surface area (Å²) < 4.78 is 0. The van der Waals surface area contributed by atoms with Crippen molar-refractivity contribution < 1.29 is 0 Å². The second kappa shape index (κ2) is 3.02. The zero-order chi connectivity index (χ0) is 6.69. The Hall–Kier alpha value is -0.300. The van der Waals surface area contributed by atoms with Crippen molar-refractivity contribution in [2.45, 2.75) is 26.3 Å². The lowest BCUT2D eigenvalue weighted by atomic mass is 10.0. The third-order valence-electron chi connectivity index (χ3n) is 2.09. The van der Waals surface area contributed by atoms with Gasteiger partial charge in [0.15, 0.2) is 0 Å². The number of rotatable bonds is 0. The maximum Gasteiger partial charge on any atom is 0.0137 e. The average molecular weight is 125 g/mol. The monoisotopic (exact) mass is 125 g/mol. The third kappa shape index (κ3) is 1.83. The lowest BCUT2D eigenvalue weighted by Gasteiger charge is -2.16. The summed E-state index contributed by atoms with van der Waals surface area (Å²) in [5.41, 5.74) is 0. The minimum Gasteiger partial charge on any atom is -0.311 e. The van der Waals surface area contributed by atoms with E-state index < -0.39 is 0 Å². The molecule has 0 saturated carbocycles. The lowest BCUT2D eigenvalue weighted by molar-refractivity contribution is 0.428. The molecule has 1 nitrogen and oxygen atoms in total. The number of allylic oxidation sites excluding steroid dienone is 1. The van der Waals surface area contributed by atoms with Crippen molar-refractivity contribution in [3.8, 4) is 0 Å². The highest BCUT2D eigenvalue weighted by Crippen LogP contribution is 2.10. The fourth-order valence-electron chi connectivity index (χ4n) is 1.05. The highest BCUT2D eigenvalue weighted by Gasteiger charge is 2.10. The summed E-state index contributed by atoms with van der Waals surface area (Å²) in [6.45, 7) is 5.58. The molecule has 0 aromatic carbocycles. The number of hydrogen-bond acceptors (Lipinski definition) is 1. The predicted octanol–water partition coefficient (Wildman–Crippen LogP) is 1.56. The summed E-state index contributed by atoms with van der Waals surface area (Å²) in [5, 5.41) is 3.41. The second-order valence-corrected chi connectivity index (χ2v) is 2.88. The van der Waals surface area contributed by atoms with Crippen LogP contribution in [0.2, 0.25) is 0 Å².